The van der Waals surface area contributed by atoms with Gasteiger partial charge in [-0.1, -0.05) is 17.7 Å². The Morgan fingerprint density at radius 3 is 1.98 bits per heavy atom. The molecular formula is C30H35K2N2O11S4+. The zero-order valence-electron chi connectivity index (χ0n) is 28.3. The number of hydrogen-bond donors (Lipinski definition) is 0. The molecule has 2 atom stereocenters. The number of rotatable bonds is 10. The van der Waals surface area contributed by atoms with Gasteiger partial charge in [-0.3, -0.25) is 0 Å². The fraction of sp³-hybridized carbons (Fsp3) is 0.433. The van der Waals surface area contributed by atoms with Crippen LogP contribution in [-0.4, -0.2) is 93.3 Å². The van der Waals surface area contributed by atoms with Gasteiger partial charge in [-0.05, 0) is 58.9 Å². The normalized spacial score (nSPS) is 23.3. The molecule has 3 aliphatic rings. The number of allylic oxidation sites excluding steroid dienone is 4. The molecule has 2 aromatic carbocycles. The fourth-order valence-corrected chi connectivity index (χ4v) is 11.0. The quantitative estimate of drug-likeness (QED) is 0.0741. The van der Waals surface area contributed by atoms with Crippen LogP contribution in [0.15, 0.2) is 65.2 Å². The van der Waals surface area contributed by atoms with Gasteiger partial charge in [0.05, 0.1) is 43.1 Å². The first-order valence-corrected chi connectivity index (χ1v) is 20.8. The molecule has 5 rings (SSSR count). The first-order chi connectivity index (χ1) is 21.3. The first kappa shape index (κ1) is 43.9. The third-order valence-electron chi connectivity index (χ3n) is 9.36. The second kappa shape index (κ2) is 14.6. The van der Waals surface area contributed by atoms with Crippen LogP contribution in [0.5, 0.6) is 0 Å². The Labute approximate surface area is 373 Å². The molecule has 2 unspecified atom stereocenters. The van der Waals surface area contributed by atoms with E-state index in [-0.39, 0.29) is 125 Å². The Balaban J connectivity index is 0.00000325. The number of hydrogen-bond acceptors (Lipinski definition) is 11. The van der Waals surface area contributed by atoms with Gasteiger partial charge in [0.2, 0.25) is 11.1 Å². The topological polar surface area (TPSA) is 209 Å². The summed E-state index contributed by atoms with van der Waals surface area (Å²) in [7, 11) is -18.3. The third-order valence-corrected chi connectivity index (χ3v) is 13.9. The van der Waals surface area contributed by atoms with Crippen molar-refractivity contribution in [2.75, 3.05) is 30.3 Å². The molecule has 1 fully saturated rings. The van der Waals surface area contributed by atoms with Gasteiger partial charge in [0.1, 0.15) is 21.5 Å². The molecule has 0 amide bonds. The van der Waals surface area contributed by atoms with Crippen molar-refractivity contribution in [1.29, 1.82) is 0 Å². The van der Waals surface area contributed by atoms with E-state index < -0.39 is 73.7 Å². The van der Waals surface area contributed by atoms with Crippen molar-refractivity contribution in [3.8, 4) is 0 Å². The van der Waals surface area contributed by atoms with Crippen molar-refractivity contribution in [3.05, 3.63) is 77.0 Å². The summed E-state index contributed by atoms with van der Waals surface area (Å²) in [6, 6.07) is 9.69. The summed E-state index contributed by atoms with van der Waals surface area (Å²) in [6.07, 6.45) is 5.09. The standard InChI is InChI=1S/C30H36N2O11S4.2K/c1-20-9-11-24-22(17-20)29(2,3)26(31(24)13-14-45(35,36)37)7-6-8-27-30(4,5)23-18-21(44(33,34)15-16-46(38,39)40)10-12-25(23)32(27)19-28(32)47(41,42)43;;/h6-12,17-18,28H,13-16,19H2,1-5H3,(H-2,35,36,37,38,39,40,41,42,43);;/q;2*+1/p-1/b7-6?,27-8+;;. The molecule has 13 nitrogen and oxygen atoms in total. The van der Waals surface area contributed by atoms with E-state index in [4.69, 9.17) is 0 Å². The minimum Gasteiger partial charge on any atom is -0.748 e. The molecule has 0 N–H and O–H groups in total. The van der Waals surface area contributed by atoms with E-state index in [1.165, 1.54) is 18.2 Å². The van der Waals surface area contributed by atoms with Crippen molar-refractivity contribution in [2.24, 2.45) is 0 Å². The smallest absolute Gasteiger partial charge is 0.748 e. The van der Waals surface area contributed by atoms with Gasteiger partial charge < -0.3 is 13.7 Å². The zero-order chi connectivity index (χ0) is 35.2. The summed E-state index contributed by atoms with van der Waals surface area (Å²) < 4.78 is 132. The predicted molar refractivity (Wildman–Crippen MR) is 172 cm³/mol. The van der Waals surface area contributed by atoms with Gasteiger partial charge in [-0.25, -0.2) is 38.2 Å². The summed E-state index contributed by atoms with van der Waals surface area (Å²) in [4.78, 5) is -0.244. The van der Waals surface area contributed by atoms with Gasteiger partial charge >= 0.3 is 103 Å². The van der Waals surface area contributed by atoms with Crippen LogP contribution in [0, 0.1) is 6.92 Å². The van der Waals surface area contributed by atoms with E-state index in [0.29, 0.717) is 22.7 Å². The molecule has 0 radical (unpaired) electrons. The third kappa shape index (κ3) is 8.59. The maximum Gasteiger partial charge on any atom is 1.00 e. The average Bonchev–Trinajstić information content (AvgIpc) is 3.61. The Morgan fingerprint density at radius 2 is 1.43 bits per heavy atom. The first-order valence-electron chi connectivity index (χ1n) is 14.6. The largest absolute Gasteiger partial charge is 1.00 e. The summed E-state index contributed by atoms with van der Waals surface area (Å²) in [5, 5.41) is -1.36. The van der Waals surface area contributed by atoms with E-state index >= 15 is 0 Å². The number of nitrogens with zero attached hydrogens (tertiary/aromatic N) is 2. The summed E-state index contributed by atoms with van der Waals surface area (Å²) in [5.74, 6) is -2.67. The SMILES string of the molecule is Cc1ccc2c(c1)C(C)(C)C(C=C/C=C1\C(C)(C)c3cc(S(=O)(=O)CCS(=O)(=O)[O-])ccc3[N+]13CC3S(=O)(=O)[O-])=[N+]2CCS(=O)(=O)[O-].[K+].[K+]. The monoisotopic (exact) mass is 805 g/mol. The van der Waals surface area contributed by atoms with Crippen LogP contribution in [0.4, 0.5) is 11.4 Å². The van der Waals surface area contributed by atoms with Gasteiger partial charge in [0.25, 0.3) is 0 Å². The molecular weight excluding hydrogens is 771 g/mol. The van der Waals surface area contributed by atoms with Crippen LogP contribution in [0.2, 0.25) is 0 Å². The van der Waals surface area contributed by atoms with Crippen LogP contribution in [0.3, 0.4) is 0 Å². The molecule has 1 saturated heterocycles. The minimum atomic E-state index is -4.80. The van der Waals surface area contributed by atoms with Crippen LogP contribution >= 0.6 is 0 Å². The molecule has 0 saturated carbocycles. The van der Waals surface area contributed by atoms with Gasteiger partial charge in [-0.15, -0.1) is 0 Å². The summed E-state index contributed by atoms with van der Waals surface area (Å²) in [5.41, 5.74) is 3.03. The van der Waals surface area contributed by atoms with E-state index in [1.807, 2.05) is 39.0 Å². The van der Waals surface area contributed by atoms with Crippen LogP contribution in [0.25, 0.3) is 0 Å². The molecule has 19 heteroatoms. The van der Waals surface area contributed by atoms with E-state index in [1.54, 1.807) is 36.7 Å². The average molecular weight is 806 g/mol. The maximum atomic E-state index is 13.0. The Morgan fingerprint density at radius 1 is 0.816 bits per heavy atom. The van der Waals surface area contributed by atoms with Crippen molar-refractivity contribution in [2.45, 2.75) is 55.7 Å². The Hall–Kier alpha value is 0.503. The molecule has 2 aromatic rings. The second-order valence-corrected chi connectivity index (χ2v) is 19.9. The minimum absolute atomic E-state index is 0. The van der Waals surface area contributed by atoms with Crippen molar-refractivity contribution in [3.63, 3.8) is 0 Å². The van der Waals surface area contributed by atoms with Gasteiger partial charge in [-0.2, -0.15) is 4.58 Å². The Bertz CT molecular complexity index is 2250. The fourth-order valence-electron chi connectivity index (χ4n) is 6.98. The molecule has 256 valence electrons. The number of sulfone groups is 1. The van der Waals surface area contributed by atoms with Crippen molar-refractivity contribution < 1.29 is 155 Å². The van der Waals surface area contributed by atoms with Crippen LogP contribution in [-0.2, 0) is 51.0 Å². The van der Waals surface area contributed by atoms with Gasteiger partial charge in [0.15, 0.2) is 38.8 Å². The van der Waals surface area contributed by atoms with E-state index in [2.05, 4.69) is 0 Å². The number of quaternary nitrogens is 1. The summed E-state index contributed by atoms with van der Waals surface area (Å²) in [6.45, 7) is 9.16. The second-order valence-electron chi connectivity index (χ2n) is 13.2. The molecule has 1 spiro atoms. The van der Waals surface area contributed by atoms with Crippen molar-refractivity contribution >= 4 is 57.3 Å². The predicted octanol–water partition coefficient (Wildman–Crippen LogP) is -4.13. The van der Waals surface area contributed by atoms with E-state index in [0.717, 1.165) is 16.8 Å². The van der Waals surface area contributed by atoms with Crippen LogP contribution in [0.1, 0.15) is 44.4 Å². The molecule has 0 aromatic heterocycles. The maximum absolute atomic E-state index is 13.0. The molecule has 3 heterocycles. The number of aryl methyl sites for hydroxylation is 1. The van der Waals surface area contributed by atoms with Crippen molar-refractivity contribution in [1.82, 2.24) is 4.48 Å². The molecule has 49 heavy (non-hydrogen) atoms. The van der Waals surface area contributed by atoms with Gasteiger partial charge in [0, 0.05) is 29.3 Å². The molecule has 0 aliphatic carbocycles. The molecule has 3 aliphatic heterocycles. The Kier molecular flexibility index (Phi) is 13.1. The number of fused-ring (bicyclic) bond motifs is 3. The summed E-state index contributed by atoms with van der Waals surface area (Å²) >= 11 is 0. The van der Waals surface area contributed by atoms with Crippen LogP contribution < -0.4 is 107 Å². The van der Waals surface area contributed by atoms with E-state index in [9.17, 15) is 47.3 Å². The molecule has 0 bridgehead atoms. The number of benzene rings is 2. The zero-order valence-corrected chi connectivity index (χ0v) is 37.8.